The van der Waals surface area contributed by atoms with E-state index in [2.05, 4.69) is 82.6 Å². The van der Waals surface area contributed by atoms with Gasteiger partial charge >= 0.3 is 0 Å². The summed E-state index contributed by atoms with van der Waals surface area (Å²) in [6.45, 7) is 6.38. The molecule has 9 heteroatoms. The molecule has 5 heterocycles. The van der Waals surface area contributed by atoms with Gasteiger partial charge < -0.3 is 33.3 Å². The van der Waals surface area contributed by atoms with Crippen LogP contribution in [0.15, 0.2) is 127 Å². The zero-order chi connectivity index (χ0) is 34.7. The maximum atomic E-state index is 16.8. The third kappa shape index (κ3) is 5.93. The van der Waals surface area contributed by atoms with Crippen LogP contribution in [-0.2, 0) is 28.7 Å². The summed E-state index contributed by atoms with van der Waals surface area (Å²) < 4.78 is 46.4. The first kappa shape index (κ1) is 32.2. The lowest BCUT2D eigenvalue weighted by molar-refractivity contribution is 0.388. The molecule has 0 N–H and O–H groups in total. The van der Waals surface area contributed by atoms with Crippen LogP contribution in [0.1, 0.15) is 16.7 Å². The van der Waals surface area contributed by atoms with Crippen molar-refractivity contribution < 1.29 is 28.0 Å². The van der Waals surface area contributed by atoms with Crippen molar-refractivity contribution in [1.29, 1.82) is 0 Å². The summed E-state index contributed by atoms with van der Waals surface area (Å²) in [7, 11) is -3.88. The topological polar surface area (TPSA) is 82.9 Å². The molecule has 0 aliphatic carbocycles. The van der Waals surface area contributed by atoms with Gasteiger partial charge in [-0.25, -0.2) is 0 Å². The second-order valence-electron chi connectivity index (χ2n) is 14.5. The first-order valence-electron chi connectivity index (χ1n) is 18.3. The Bertz CT molecular complexity index is 2010. The van der Waals surface area contributed by atoms with Crippen molar-refractivity contribution in [2.75, 3.05) is 62.4 Å². The maximum absolute atomic E-state index is 16.8. The molecule has 0 amide bonds. The molecule has 264 valence electrons. The average Bonchev–Trinajstić information content (AvgIpc) is 3.97. The van der Waals surface area contributed by atoms with E-state index in [1.807, 2.05) is 54.6 Å². The fraction of sp³-hybridized carbons (Fsp3) is 0.302. The Morgan fingerprint density at radius 2 is 0.904 bits per heavy atom. The molecule has 0 radical (unpaired) electrons. The van der Waals surface area contributed by atoms with E-state index in [0.717, 1.165) is 91.8 Å². The lowest BCUT2D eigenvalue weighted by Gasteiger charge is -2.44. The molecule has 5 atom stereocenters. The van der Waals surface area contributed by atoms with Gasteiger partial charge in [-0.1, -0.05) is 91.0 Å². The summed E-state index contributed by atoms with van der Waals surface area (Å²) in [6.07, 6.45) is 0.948. The molecule has 0 saturated carbocycles. The highest BCUT2D eigenvalue weighted by Gasteiger charge is 2.58. The van der Waals surface area contributed by atoms with Crippen LogP contribution in [0.3, 0.4) is 0 Å². The fourth-order valence-electron chi connectivity index (χ4n) is 7.93. The van der Waals surface area contributed by atoms with Crippen molar-refractivity contribution in [1.82, 2.24) is 0 Å². The van der Waals surface area contributed by atoms with Crippen molar-refractivity contribution in [2.24, 2.45) is 0 Å². The maximum Gasteiger partial charge on any atom is 0.296 e. The second-order valence-corrected chi connectivity index (χ2v) is 16.9. The highest BCUT2D eigenvalue weighted by molar-refractivity contribution is 7.69. The number of epoxide rings is 4. The van der Waals surface area contributed by atoms with Gasteiger partial charge in [0.15, 0.2) is 0 Å². The summed E-state index contributed by atoms with van der Waals surface area (Å²) in [5, 5.41) is -0.495. The number of rotatable bonds is 14. The predicted octanol–water partition coefficient (Wildman–Crippen LogP) is 6.85. The molecule has 4 saturated heterocycles. The number of nitrogens with zero attached hydrogens (tertiary/aromatic N) is 2. The van der Waals surface area contributed by atoms with E-state index in [4.69, 9.17) is 23.5 Å². The summed E-state index contributed by atoms with van der Waals surface area (Å²) in [5.41, 5.74) is 6.73. The standard InChI is InChI=1S/C43H41N2O6P/c46-52(42-13-7-5-11-40(42)39-10-4-6-12-41(39)51-52)43(30-8-2-1-3-9-30,31-14-18-33(19-15-31)44(22-35-26-47-35)23-36-27-48-36)32-16-20-34(21-17-32)45(24-37-28-49-37)25-38-29-50-38/h1-21,35-38H,22-29H2. The van der Waals surface area contributed by atoms with Crippen molar-refractivity contribution in [3.05, 3.63) is 144 Å². The Balaban J connectivity index is 1.17. The van der Waals surface area contributed by atoms with Gasteiger partial charge in [-0.3, -0.25) is 4.57 Å². The highest BCUT2D eigenvalue weighted by atomic mass is 31.2. The summed E-state index contributed by atoms with van der Waals surface area (Å²) >= 11 is 0. The Morgan fingerprint density at radius 3 is 1.38 bits per heavy atom. The zero-order valence-corrected chi connectivity index (χ0v) is 29.8. The number of benzene rings is 5. The molecule has 8 nitrogen and oxygen atoms in total. The molecule has 5 unspecified atom stereocenters. The lowest BCUT2D eigenvalue weighted by atomic mass is 9.83. The normalized spacial score (nSPS) is 25.8. The van der Waals surface area contributed by atoms with E-state index < -0.39 is 12.5 Å². The van der Waals surface area contributed by atoms with Crippen molar-refractivity contribution >= 4 is 24.0 Å². The number of hydrogen-bond acceptors (Lipinski definition) is 8. The number of para-hydroxylation sites is 1. The number of anilines is 2. The lowest BCUT2D eigenvalue weighted by Crippen LogP contribution is -2.38. The molecular weight excluding hydrogens is 671 g/mol. The van der Waals surface area contributed by atoms with Gasteiger partial charge in [0.1, 0.15) is 10.9 Å². The predicted molar refractivity (Wildman–Crippen MR) is 202 cm³/mol. The summed E-state index contributed by atoms with van der Waals surface area (Å²) in [6, 6.07) is 43.5. The first-order valence-corrected chi connectivity index (χ1v) is 19.9. The van der Waals surface area contributed by atoms with E-state index in [1.165, 1.54) is 0 Å². The first-order chi connectivity index (χ1) is 25.6. The smallest absolute Gasteiger partial charge is 0.296 e. The Morgan fingerprint density at radius 1 is 0.500 bits per heavy atom. The van der Waals surface area contributed by atoms with Crippen LogP contribution in [0.2, 0.25) is 0 Å². The Kier molecular flexibility index (Phi) is 8.00. The minimum Gasteiger partial charge on any atom is -0.438 e. The Hall–Kier alpha value is -4.43. The Labute approximate surface area is 304 Å². The van der Waals surface area contributed by atoms with E-state index >= 15 is 4.57 Å². The fourth-order valence-corrected chi connectivity index (χ4v) is 11.2. The van der Waals surface area contributed by atoms with Crippen molar-refractivity contribution in [2.45, 2.75) is 29.6 Å². The van der Waals surface area contributed by atoms with E-state index in [1.54, 1.807) is 0 Å². The van der Waals surface area contributed by atoms with Gasteiger partial charge in [0, 0.05) is 43.1 Å². The molecule has 4 fully saturated rings. The highest BCUT2D eigenvalue weighted by Crippen LogP contribution is 2.71. The van der Waals surface area contributed by atoms with Gasteiger partial charge in [0.25, 0.3) is 7.37 Å². The van der Waals surface area contributed by atoms with Crippen LogP contribution in [0.5, 0.6) is 5.75 Å². The summed E-state index contributed by atoms with van der Waals surface area (Å²) in [4.78, 5) is 4.70. The molecule has 0 spiro atoms. The molecule has 5 aliphatic heterocycles. The van der Waals surface area contributed by atoms with Crippen molar-refractivity contribution in [3.63, 3.8) is 0 Å². The number of fused-ring (bicyclic) bond motifs is 3. The number of ether oxygens (including phenoxy) is 4. The minimum absolute atomic E-state index is 0.237. The van der Waals surface area contributed by atoms with Gasteiger partial charge in [-0.15, -0.1) is 0 Å². The molecule has 5 aromatic carbocycles. The second kappa shape index (κ2) is 12.9. The van der Waals surface area contributed by atoms with Crippen LogP contribution in [0.4, 0.5) is 11.4 Å². The molecule has 0 aromatic heterocycles. The SMILES string of the molecule is O=P1(C(c2ccccc2)(c2ccc(N(CC3CO3)CC3CO3)cc2)c2ccc(N(CC3CO3)CC3CO3)cc2)Oc2ccccc2-c2ccccc21. The van der Waals surface area contributed by atoms with E-state index in [0.29, 0.717) is 11.1 Å². The van der Waals surface area contributed by atoms with Crippen LogP contribution < -0.4 is 19.6 Å². The number of hydrogen-bond donors (Lipinski definition) is 0. The quantitative estimate of drug-likeness (QED) is 0.0703. The van der Waals surface area contributed by atoms with Crippen LogP contribution in [0, 0.1) is 0 Å². The molecule has 5 aliphatic rings. The third-order valence-electron chi connectivity index (χ3n) is 10.9. The van der Waals surface area contributed by atoms with Crippen LogP contribution in [0.25, 0.3) is 11.1 Å². The minimum atomic E-state index is -3.88. The van der Waals surface area contributed by atoms with E-state index in [-0.39, 0.29) is 24.4 Å². The van der Waals surface area contributed by atoms with Crippen molar-refractivity contribution in [3.8, 4) is 16.9 Å². The largest absolute Gasteiger partial charge is 0.438 e. The average molecular weight is 713 g/mol. The molecule has 5 aromatic rings. The van der Waals surface area contributed by atoms with Crippen LogP contribution in [-0.4, -0.2) is 77.0 Å². The van der Waals surface area contributed by atoms with E-state index in [9.17, 15) is 0 Å². The monoisotopic (exact) mass is 712 g/mol. The third-order valence-corrected chi connectivity index (χ3v) is 14.0. The van der Waals surface area contributed by atoms with Gasteiger partial charge in [0.05, 0.1) is 56.1 Å². The van der Waals surface area contributed by atoms with Gasteiger partial charge in [0.2, 0.25) is 0 Å². The molecule has 52 heavy (non-hydrogen) atoms. The van der Waals surface area contributed by atoms with Gasteiger partial charge in [-0.05, 0) is 58.7 Å². The van der Waals surface area contributed by atoms with Crippen LogP contribution >= 0.6 is 7.37 Å². The molecule has 10 rings (SSSR count). The summed E-state index contributed by atoms with van der Waals surface area (Å²) in [5.74, 6) is 0.623. The molecular formula is C43H41N2O6P. The zero-order valence-electron chi connectivity index (χ0n) is 28.9. The van der Waals surface area contributed by atoms with Gasteiger partial charge in [-0.2, -0.15) is 0 Å². The molecule has 0 bridgehead atoms.